The van der Waals surface area contributed by atoms with Crippen molar-refractivity contribution >= 4 is 11.8 Å². The number of benzene rings is 1. The molecule has 0 heterocycles. The van der Waals surface area contributed by atoms with Crippen LogP contribution in [0.5, 0.6) is 0 Å². The summed E-state index contributed by atoms with van der Waals surface area (Å²) < 4.78 is 0. The highest BCUT2D eigenvalue weighted by molar-refractivity contribution is 7.99. The van der Waals surface area contributed by atoms with Gasteiger partial charge in [-0.05, 0) is 25.0 Å². The van der Waals surface area contributed by atoms with Crippen LogP contribution in [0.2, 0.25) is 0 Å². The average Bonchev–Trinajstić information content (AvgIpc) is 2.37. The van der Waals surface area contributed by atoms with Crippen LogP contribution in [-0.4, -0.2) is 11.8 Å². The first-order valence-corrected chi connectivity index (χ1v) is 8.16. The van der Waals surface area contributed by atoms with Gasteiger partial charge in [-0.3, -0.25) is 0 Å². The highest BCUT2D eigenvalue weighted by atomic mass is 32.2. The predicted molar refractivity (Wildman–Crippen MR) is 83.3 cm³/mol. The zero-order valence-corrected chi connectivity index (χ0v) is 12.6. The second-order valence-electron chi connectivity index (χ2n) is 5.04. The van der Waals surface area contributed by atoms with Crippen molar-refractivity contribution in [1.82, 2.24) is 0 Å². The number of nitrogens with two attached hydrogens (primary N) is 1. The van der Waals surface area contributed by atoms with Crippen LogP contribution in [0, 0.1) is 6.92 Å². The zero-order chi connectivity index (χ0) is 13.2. The van der Waals surface area contributed by atoms with E-state index in [1.54, 1.807) is 0 Å². The Morgan fingerprint density at radius 1 is 1.11 bits per heavy atom. The number of unbranched alkanes of at least 4 members (excludes halogenated alkanes) is 4. The molecule has 0 fully saturated rings. The predicted octanol–water partition coefficient (Wildman–Crippen LogP) is 4.77. The summed E-state index contributed by atoms with van der Waals surface area (Å²) >= 11 is 1.90. The average molecular weight is 265 g/mol. The van der Waals surface area contributed by atoms with Crippen molar-refractivity contribution in [2.75, 3.05) is 5.75 Å². The molecule has 102 valence electrons. The van der Waals surface area contributed by atoms with Gasteiger partial charge in [-0.15, -0.1) is 11.8 Å². The molecule has 0 saturated carbocycles. The molecule has 0 saturated heterocycles. The van der Waals surface area contributed by atoms with E-state index in [2.05, 4.69) is 38.1 Å². The number of aryl methyl sites for hydroxylation is 1. The Kier molecular flexibility index (Phi) is 8.19. The molecule has 0 aliphatic rings. The van der Waals surface area contributed by atoms with Crippen LogP contribution in [0.15, 0.2) is 29.2 Å². The van der Waals surface area contributed by atoms with Gasteiger partial charge in [0.1, 0.15) is 0 Å². The maximum Gasteiger partial charge on any atom is 0.0133 e. The van der Waals surface area contributed by atoms with Crippen LogP contribution in [-0.2, 0) is 0 Å². The Balaban J connectivity index is 2.13. The first-order valence-electron chi connectivity index (χ1n) is 7.18. The molecule has 18 heavy (non-hydrogen) atoms. The Hall–Kier alpha value is -0.470. The number of hydrogen-bond acceptors (Lipinski definition) is 2. The van der Waals surface area contributed by atoms with Crippen molar-refractivity contribution in [3.63, 3.8) is 0 Å². The third-order valence-electron chi connectivity index (χ3n) is 3.22. The van der Waals surface area contributed by atoms with E-state index in [-0.39, 0.29) is 0 Å². The summed E-state index contributed by atoms with van der Waals surface area (Å²) in [6.07, 6.45) is 7.85. The van der Waals surface area contributed by atoms with Gasteiger partial charge in [-0.25, -0.2) is 0 Å². The number of thioether (sulfide) groups is 1. The van der Waals surface area contributed by atoms with Gasteiger partial charge < -0.3 is 5.73 Å². The van der Waals surface area contributed by atoms with Gasteiger partial charge in [-0.2, -0.15) is 0 Å². The van der Waals surface area contributed by atoms with Crippen molar-refractivity contribution in [3.8, 4) is 0 Å². The number of hydrogen-bond donors (Lipinski definition) is 1. The second-order valence-corrected chi connectivity index (χ2v) is 6.10. The van der Waals surface area contributed by atoms with E-state index in [0.29, 0.717) is 6.04 Å². The third-order valence-corrected chi connectivity index (χ3v) is 4.59. The van der Waals surface area contributed by atoms with Gasteiger partial charge in [-0.1, -0.05) is 57.2 Å². The van der Waals surface area contributed by atoms with Crippen molar-refractivity contribution < 1.29 is 0 Å². The van der Waals surface area contributed by atoms with Crippen LogP contribution in [0.1, 0.15) is 51.0 Å². The summed E-state index contributed by atoms with van der Waals surface area (Å²) in [6, 6.07) is 8.89. The molecule has 2 heteroatoms. The Morgan fingerprint density at radius 3 is 2.56 bits per heavy atom. The minimum Gasteiger partial charge on any atom is -0.327 e. The molecule has 1 aromatic carbocycles. The number of rotatable bonds is 9. The molecule has 0 radical (unpaired) electrons. The minimum atomic E-state index is 0.344. The lowest BCUT2D eigenvalue weighted by Crippen LogP contribution is -2.22. The van der Waals surface area contributed by atoms with Gasteiger partial charge in [0.15, 0.2) is 0 Å². The summed E-state index contributed by atoms with van der Waals surface area (Å²) in [5.74, 6) is 1.04. The van der Waals surface area contributed by atoms with E-state index < -0.39 is 0 Å². The van der Waals surface area contributed by atoms with Gasteiger partial charge in [0.05, 0.1) is 0 Å². The SMILES string of the molecule is CCCCCCCC(N)CSc1ccccc1C. The molecule has 1 rings (SSSR count). The molecular formula is C16H27NS. The van der Waals surface area contributed by atoms with Crippen LogP contribution in [0.3, 0.4) is 0 Å². The largest absolute Gasteiger partial charge is 0.327 e. The van der Waals surface area contributed by atoms with Gasteiger partial charge in [0.25, 0.3) is 0 Å². The molecule has 2 N–H and O–H groups in total. The molecule has 0 spiro atoms. The quantitative estimate of drug-likeness (QED) is 0.514. The van der Waals surface area contributed by atoms with E-state index in [0.717, 1.165) is 5.75 Å². The van der Waals surface area contributed by atoms with Gasteiger partial charge in [0.2, 0.25) is 0 Å². The van der Waals surface area contributed by atoms with E-state index >= 15 is 0 Å². The Morgan fingerprint density at radius 2 is 1.83 bits per heavy atom. The van der Waals surface area contributed by atoms with Gasteiger partial charge in [0, 0.05) is 16.7 Å². The van der Waals surface area contributed by atoms with Crippen molar-refractivity contribution in [2.45, 2.75) is 63.3 Å². The molecule has 0 aromatic heterocycles. The Labute approximate surface area is 117 Å². The topological polar surface area (TPSA) is 26.0 Å². The Bertz CT molecular complexity index is 325. The van der Waals surface area contributed by atoms with Crippen LogP contribution < -0.4 is 5.73 Å². The molecule has 0 bridgehead atoms. The molecule has 0 aliphatic carbocycles. The lowest BCUT2D eigenvalue weighted by Gasteiger charge is -2.12. The smallest absolute Gasteiger partial charge is 0.0133 e. The van der Waals surface area contributed by atoms with Gasteiger partial charge >= 0.3 is 0 Å². The van der Waals surface area contributed by atoms with Crippen molar-refractivity contribution in [2.24, 2.45) is 5.73 Å². The minimum absolute atomic E-state index is 0.344. The summed E-state index contributed by atoms with van der Waals surface area (Å²) in [7, 11) is 0. The molecule has 1 unspecified atom stereocenters. The van der Waals surface area contributed by atoms with Crippen molar-refractivity contribution in [1.29, 1.82) is 0 Å². The summed E-state index contributed by atoms with van der Waals surface area (Å²) in [5, 5.41) is 0. The molecule has 1 aromatic rings. The fraction of sp³-hybridized carbons (Fsp3) is 0.625. The monoisotopic (exact) mass is 265 g/mol. The van der Waals surface area contributed by atoms with E-state index in [9.17, 15) is 0 Å². The lowest BCUT2D eigenvalue weighted by molar-refractivity contribution is 0.566. The third kappa shape index (κ3) is 6.46. The fourth-order valence-electron chi connectivity index (χ4n) is 2.01. The standard InChI is InChI=1S/C16H27NS/c1-3-4-5-6-7-11-15(17)13-18-16-12-9-8-10-14(16)2/h8-10,12,15H,3-7,11,13,17H2,1-2H3. The van der Waals surface area contributed by atoms with Crippen LogP contribution in [0.25, 0.3) is 0 Å². The summed E-state index contributed by atoms with van der Waals surface area (Å²) in [4.78, 5) is 1.37. The molecule has 1 nitrogen and oxygen atoms in total. The molecule has 0 amide bonds. The first kappa shape index (κ1) is 15.6. The summed E-state index contributed by atoms with van der Waals surface area (Å²) in [5.41, 5.74) is 7.52. The molecular weight excluding hydrogens is 238 g/mol. The second kappa shape index (κ2) is 9.46. The molecule has 0 aliphatic heterocycles. The first-order chi connectivity index (χ1) is 8.74. The van der Waals surface area contributed by atoms with E-state index in [4.69, 9.17) is 5.73 Å². The highest BCUT2D eigenvalue weighted by Gasteiger charge is 2.04. The normalized spacial score (nSPS) is 12.6. The van der Waals surface area contributed by atoms with Crippen LogP contribution >= 0.6 is 11.8 Å². The van der Waals surface area contributed by atoms with E-state index in [1.165, 1.54) is 49.0 Å². The zero-order valence-electron chi connectivity index (χ0n) is 11.8. The maximum absolute atomic E-state index is 6.17. The fourth-order valence-corrected chi connectivity index (χ4v) is 3.04. The highest BCUT2D eigenvalue weighted by Crippen LogP contribution is 2.23. The lowest BCUT2D eigenvalue weighted by atomic mass is 10.1. The van der Waals surface area contributed by atoms with Crippen molar-refractivity contribution in [3.05, 3.63) is 29.8 Å². The summed E-state index contributed by atoms with van der Waals surface area (Å²) in [6.45, 7) is 4.42. The van der Waals surface area contributed by atoms with E-state index in [1.807, 2.05) is 11.8 Å². The van der Waals surface area contributed by atoms with Crippen LogP contribution in [0.4, 0.5) is 0 Å². The maximum atomic E-state index is 6.17. The molecule has 1 atom stereocenters.